The summed E-state index contributed by atoms with van der Waals surface area (Å²) in [4.78, 5) is 22.6. The van der Waals surface area contributed by atoms with Gasteiger partial charge in [0.25, 0.3) is 0 Å². The van der Waals surface area contributed by atoms with Crippen LogP contribution >= 0.6 is 0 Å². The predicted molar refractivity (Wildman–Crippen MR) is 113 cm³/mol. The van der Waals surface area contributed by atoms with Gasteiger partial charge < -0.3 is 9.47 Å². The van der Waals surface area contributed by atoms with Crippen molar-refractivity contribution in [3.05, 3.63) is 53.6 Å². The van der Waals surface area contributed by atoms with Crippen LogP contribution in [-0.2, 0) is 24.8 Å². The number of fused-ring (bicyclic) bond motifs is 4. The highest BCUT2D eigenvalue weighted by molar-refractivity contribution is 5.78. The van der Waals surface area contributed by atoms with Crippen molar-refractivity contribution in [3.63, 3.8) is 0 Å². The summed E-state index contributed by atoms with van der Waals surface area (Å²) in [6.07, 6.45) is 7.38. The molecule has 5 heteroatoms. The average molecular weight is 393 g/mol. The van der Waals surface area contributed by atoms with E-state index in [4.69, 9.17) is 4.98 Å². The van der Waals surface area contributed by atoms with Gasteiger partial charge in [-0.2, -0.15) is 0 Å². The van der Waals surface area contributed by atoms with Crippen LogP contribution in [0.4, 0.5) is 0 Å². The zero-order valence-electron chi connectivity index (χ0n) is 17.6. The van der Waals surface area contributed by atoms with Gasteiger partial charge in [0.2, 0.25) is 5.91 Å². The Morgan fingerprint density at radius 3 is 2.69 bits per heavy atom. The van der Waals surface area contributed by atoms with Crippen molar-refractivity contribution < 1.29 is 4.79 Å². The molecule has 5 nitrogen and oxygen atoms in total. The molecular weight excluding hydrogens is 360 g/mol. The van der Waals surface area contributed by atoms with Gasteiger partial charge in [-0.25, -0.2) is 4.98 Å². The molecular formula is C24H32N4O. The molecule has 1 amide bonds. The number of hydrogen-bond acceptors (Lipinski definition) is 3. The molecule has 3 saturated heterocycles. The van der Waals surface area contributed by atoms with Gasteiger partial charge in [-0.05, 0) is 50.0 Å². The summed E-state index contributed by atoms with van der Waals surface area (Å²) < 4.78 is 2.11. The Labute approximate surface area is 173 Å². The van der Waals surface area contributed by atoms with Crippen LogP contribution in [0.1, 0.15) is 42.8 Å². The maximum atomic E-state index is 13.0. The number of benzene rings is 1. The van der Waals surface area contributed by atoms with Gasteiger partial charge in [0, 0.05) is 51.4 Å². The molecule has 3 aliphatic heterocycles. The molecule has 2 bridgehead atoms. The first-order chi connectivity index (χ1) is 14.1. The maximum absolute atomic E-state index is 13.0. The molecule has 5 rings (SSSR count). The van der Waals surface area contributed by atoms with Crippen LogP contribution in [0.15, 0.2) is 36.5 Å². The maximum Gasteiger partial charge on any atom is 0.223 e. The Morgan fingerprint density at radius 2 is 1.93 bits per heavy atom. The minimum atomic E-state index is 0.333. The Kier molecular flexibility index (Phi) is 4.94. The Hall–Kier alpha value is -2.14. The van der Waals surface area contributed by atoms with Crippen molar-refractivity contribution in [2.45, 2.75) is 57.7 Å². The Balaban J connectivity index is 1.40. The van der Waals surface area contributed by atoms with Crippen molar-refractivity contribution in [3.8, 4) is 0 Å². The molecule has 0 radical (unpaired) electrons. The zero-order chi connectivity index (χ0) is 20.0. The molecule has 29 heavy (non-hydrogen) atoms. The third kappa shape index (κ3) is 3.61. The number of piperidine rings is 3. The van der Waals surface area contributed by atoms with Crippen molar-refractivity contribution in [1.82, 2.24) is 19.4 Å². The molecule has 1 aromatic carbocycles. The first-order valence-corrected chi connectivity index (χ1v) is 11.1. The molecule has 0 aliphatic carbocycles. The van der Waals surface area contributed by atoms with E-state index >= 15 is 0 Å². The first kappa shape index (κ1) is 18.9. The lowest BCUT2D eigenvalue weighted by Gasteiger charge is -2.56. The largest absolute Gasteiger partial charge is 0.338 e. The minimum absolute atomic E-state index is 0.333. The van der Waals surface area contributed by atoms with E-state index in [0.717, 1.165) is 44.7 Å². The van der Waals surface area contributed by atoms with Crippen LogP contribution in [0.2, 0.25) is 0 Å². The van der Waals surface area contributed by atoms with Gasteiger partial charge in [-0.1, -0.05) is 30.3 Å². The summed E-state index contributed by atoms with van der Waals surface area (Å²) in [6.45, 7) is 5.15. The molecule has 4 heterocycles. The predicted octanol–water partition coefficient (Wildman–Crippen LogP) is 3.17. The lowest BCUT2D eigenvalue weighted by atomic mass is 9.70. The Morgan fingerprint density at radius 1 is 1.14 bits per heavy atom. The number of imidazole rings is 1. The van der Waals surface area contributed by atoms with Gasteiger partial charge in [-0.3, -0.25) is 9.69 Å². The molecule has 0 unspecified atom stereocenters. The summed E-state index contributed by atoms with van der Waals surface area (Å²) in [5, 5.41) is 0. The van der Waals surface area contributed by atoms with Gasteiger partial charge in [-0.15, -0.1) is 0 Å². The van der Waals surface area contributed by atoms with Crippen LogP contribution in [0.25, 0.3) is 0 Å². The number of likely N-dealkylation sites (tertiary alicyclic amines) is 1. The van der Waals surface area contributed by atoms with E-state index in [1.165, 1.54) is 24.1 Å². The fraction of sp³-hybridized carbons (Fsp3) is 0.583. The highest BCUT2D eigenvalue weighted by atomic mass is 16.2. The van der Waals surface area contributed by atoms with Crippen molar-refractivity contribution in [2.24, 2.45) is 18.9 Å². The van der Waals surface area contributed by atoms with Crippen LogP contribution in [0, 0.1) is 18.8 Å². The number of amides is 1. The molecule has 4 atom stereocenters. The molecule has 3 aliphatic rings. The van der Waals surface area contributed by atoms with Gasteiger partial charge in [0.1, 0.15) is 5.82 Å². The minimum Gasteiger partial charge on any atom is -0.338 e. The van der Waals surface area contributed by atoms with E-state index < -0.39 is 0 Å². The molecule has 3 fully saturated rings. The highest BCUT2D eigenvalue weighted by Gasteiger charge is 2.49. The Bertz CT molecular complexity index is 857. The average Bonchev–Trinajstić information content (AvgIpc) is 3.03. The molecule has 154 valence electrons. The lowest BCUT2D eigenvalue weighted by Crippen LogP contribution is -2.65. The second-order valence-electron chi connectivity index (χ2n) is 9.36. The standard InChI is InChI=1S/C24H32N4O/c1-17-25-21(15-26(17)2)16-27-13-19-12-20(14-27)23(11-18-7-4-3-5-8-18)28-22(19)9-6-10-24(28)29/h3-5,7-8,15,19-20,22-23H,6,9-14,16H2,1-2H3/t19-,20+,22+,23+/m1/s1. The van der Waals surface area contributed by atoms with E-state index in [1.54, 1.807) is 0 Å². The monoisotopic (exact) mass is 392 g/mol. The van der Waals surface area contributed by atoms with E-state index in [-0.39, 0.29) is 0 Å². The first-order valence-electron chi connectivity index (χ1n) is 11.1. The van der Waals surface area contributed by atoms with Gasteiger partial charge in [0.15, 0.2) is 0 Å². The quantitative estimate of drug-likeness (QED) is 0.803. The van der Waals surface area contributed by atoms with Crippen LogP contribution in [0.5, 0.6) is 0 Å². The SMILES string of the molecule is Cc1nc(CN2C[C@H]3C[C@@H](C2)[C@H](Cc2ccccc2)N2C(=O)CCC[C@@H]32)cn1C. The molecule has 0 spiro atoms. The van der Waals surface area contributed by atoms with Crippen LogP contribution in [0.3, 0.4) is 0 Å². The third-order valence-corrected chi connectivity index (χ3v) is 7.40. The van der Waals surface area contributed by atoms with Crippen LogP contribution in [-0.4, -0.2) is 50.4 Å². The van der Waals surface area contributed by atoms with Crippen LogP contribution < -0.4 is 0 Å². The van der Waals surface area contributed by atoms with Gasteiger partial charge >= 0.3 is 0 Å². The summed E-state index contributed by atoms with van der Waals surface area (Å²) >= 11 is 0. The number of carbonyl (C=O) groups is 1. The van der Waals surface area contributed by atoms with E-state index in [1.807, 2.05) is 0 Å². The van der Waals surface area contributed by atoms with Gasteiger partial charge in [0.05, 0.1) is 5.69 Å². The van der Waals surface area contributed by atoms with Crippen molar-refractivity contribution >= 4 is 5.91 Å². The third-order valence-electron chi connectivity index (χ3n) is 7.40. The molecule has 0 saturated carbocycles. The smallest absolute Gasteiger partial charge is 0.223 e. The normalized spacial score (nSPS) is 29.7. The van der Waals surface area contributed by atoms with E-state index in [0.29, 0.717) is 29.8 Å². The number of aromatic nitrogens is 2. The highest BCUT2D eigenvalue weighted by Crippen LogP contribution is 2.42. The van der Waals surface area contributed by atoms with E-state index in [9.17, 15) is 4.79 Å². The molecule has 0 N–H and O–H groups in total. The second-order valence-corrected chi connectivity index (χ2v) is 9.36. The lowest BCUT2D eigenvalue weighted by molar-refractivity contribution is -0.152. The fourth-order valence-corrected chi connectivity index (χ4v) is 6.06. The fourth-order valence-electron chi connectivity index (χ4n) is 6.06. The topological polar surface area (TPSA) is 41.4 Å². The summed E-state index contributed by atoms with van der Waals surface area (Å²) in [6, 6.07) is 11.5. The number of hydrogen-bond donors (Lipinski definition) is 0. The van der Waals surface area contributed by atoms with Crippen molar-refractivity contribution in [2.75, 3.05) is 13.1 Å². The second kappa shape index (κ2) is 7.60. The van der Waals surface area contributed by atoms with Crippen molar-refractivity contribution in [1.29, 1.82) is 0 Å². The molecule has 1 aromatic heterocycles. The summed E-state index contributed by atoms with van der Waals surface area (Å²) in [5.41, 5.74) is 2.52. The summed E-state index contributed by atoms with van der Waals surface area (Å²) in [7, 11) is 2.07. The zero-order valence-corrected chi connectivity index (χ0v) is 17.6. The number of carbonyl (C=O) groups excluding carboxylic acids is 1. The summed E-state index contributed by atoms with van der Waals surface area (Å²) in [5.74, 6) is 2.63. The van der Waals surface area contributed by atoms with E-state index in [2.05, 4.69) is 64.9 Å². The number of nitrogens with zero attached hydrogens (tertiary/aromatic N) is 4. The number of rotatable bonds is 4. The molecule has 2 aromatic rings. The number of aryl methyl sites for hydroxylation is 2.